The predicted molar refractivity (Wildman–Crippen MR) is 146 cm³/mol. The molecule has 0 aromatic rings. The van der Waals surface area contributed by atoms with Crippen molar-refractivity contribution in [2.24, 2.45) is 0 Å². The van der Waals surface area contributed by atoms with Crippen molar-refractivity contribution in [3.8, 4) is 0 Å². The molecule has 0 saturated carbocycles. The van der Waals surface area contributed by atoms with Crippen molar-refractivity contribution in [1.82, 2.24) is 16.0 Å². The van der Waals surface area contributed by atoms with Crippen molar-refractivity contribution in [2.75, 3.05) is 79.2 Å². The molecule has 42 heavy (non-hydrogen) atoms. The van der Waals surface area contributed by atoms with Gasteiger partial charge in [0.15, 0.2) is 6.29 Å². The number of amides is 3. The third-order valence-corrected chi connectivity index (χ3v) is 5.46. The highest BCUT2D eigenvalue weighted by atomic mass is 16.7. The van der Waals surface area contributed by atoms with Crippen LogP contribution in [0.3, 0.4) is 0 Å². The number of hydrogen-bond donors (Lipinski definition) is 6. The molecule has 0 aromatic heterocycles. The van der Waals surface area contributed by atoms with Gasteiger partial charge in [-0.25, -0.2) is 4.79 Å². The minimum Gasteiger partial charge on any atom is -0.444 e. The highest BCUT2D eigenvalue weighted by Gasteiger charge is 2.45. The Morgan fingerprint density at radius 2 is 1.33 bits per heavy atom. The number of aliphatic hydroxyl groups is 3. The van der Waals surface area contributed by atoms with Crippen LogP contribution in [0.25, 0.3) is 0 Å². The number of hydrogen-bond acceptors (Lipinski definition) is 13. The fourth-order valence-corrected chi connectivity index (χ4v) is 3.53. The topological polar surface area (TPSA) is 213 Å². The number of carbonyl (C=O) groups excluding carboxylic acids is 3. The molecule has 6 N–H and O–H groups in total. The molecule has 1 heterocycles. The normalized spacial score (nSPS) is 22.4. The van der Waals surface area contributed by atoms with E-state index >= 15 is 0 Å². The van der Waals surface area contributed by atoms with Crippen molar-refractivity contribution >= 4 is 17.9 Å². The van der Waals surface area contributed by atoms with E-state index in [0.717, 1.165) is 0 Å². The summed E-state index contributed by atoms with van der Waals surface area (Å²) >= 11 is 0. The number of aliphatic hydroxyl groups excluding tert-OH is 3. The Morgan fingerprint density at radius 1 is 0.786 bits per heavy atom. The van der Waals surface area contributed by atoms with E-state index in [9.17, 15) is 29.7 Å². The Morgan fingerprint density at radius 3 is 1.88 bits per heavy atom. The van der Waals surface area contributed by atoms with E-state index in [0.29, 0.717) is 52.8 Å². The van der Waals surface area contributed by atoms with Crippen molar-refractivity contribution in [3.05, 3.63) is 0 Å². The van der Waals surface area contributed by atoms with Crippen LogP contribution in [0.5, 0.6) is 0 Å². The Balaban J connectivity index is 1.97. The molecule has 0 unspecified atom stereocenters. The Labute approximate surface area is 246 Å². The molecule has 1 aliphatic heterocycles. The Bertz CT molecular complexity index is 768. The summed E-state index contributed by atoms with van der Waals surface area (Å²) in [6.07, 6.45) is -5.36. The van der Waals surface area contributed by atoms with Gasteiger partial charge in [-0.3, -0.25) is 9.59 Å². The third-order valence-electron chi connectivity index (χ3n) is 5.46. The fourth-order valence-electron chi connectivity index (χ4n) is 3.53. The van der Waals surface area contributed by atoms with Crippen molar-refractivity contribution < 1.29 is 62.9 Å². The molecule has 0 bridgehead atoms. The lowest BCUT2D eigenvalue weighted by Gasteiger charge is -2.42. The van der Waals surface area contributed by atoms with E-state index in [2.05, 4.69) is 16.0 Å². The smallest absolute Gasteiger partial charge is 0.407 e. The first-order valence-electron chi connectivity index (χ1n) is 14.0. The second-order valence-electron chi connectivity index (χ2n) is 10.3. The Kier molecular flexibility index (Phi) is 19.4. The van der Waals surface area contributed by atoms with Crippen LogP contribution in [0.15, 0.2) is 0 Å². The van der Waals surface area contributed by atoms with Gasteiger partial charge in [-0.05, 0) is 20.8 Å². The van der Waals surface area contributed by atoms with Crippen LogP contribution in [0.2, 0.25) is 0 Å². The molecule has 5 atom stereocenters. The zero-order valence-electron chi connectivity index (χ0n) is 25.0. The standard InChI is InChI=1S/C26H49N3O13/c1-18(31)29-21-23(34)22(33)19(17-30)41-24(21)40-10-7-27-20(32)5-8-36-11-13-38-15-16-39-14-12-37-9-6-28-25(35)42-26(2,3)4/h19,21-24,30,33-34H,5-17H2,1-4H3,(H,27,32)(H,28,35)(H,29,31)/t19-,21+,22-,23-,24-/m1/s1. The number of nitrogens with one attached hydrogen (secondary N) is 3. The van der Waals surface area contributed by atoms with E-state index in [1.165, 1.54) is 6.92 Å². The highest BCUT2D eigenvalue weighted by Crippen LogP contribution is 2.22. The molecule has 1 aliphatic rings. The molecule has 1 fully saturated rings. The van der Waals surface area contributed by atoms with E-state index in [-0.39, 0.29) is 32.1 Å². The maximum Gasteiger partial charge on any atom is 0.407 e. The lowest BCUT2D eigenvalue weighted by Crippen LogP contribution is -2.64. The van der Waals surface area contributed by atoms with Crippen LogP contribution in [-0.2, 0) is 42.7 Å². The molecule has 0 aromatic carbocycles. The zero-order chi connectivity index (χ0) is 31.4. The van der Waals surface area contributed by atoms with Gasteiger partial charge < -0.3 is 64.4 Å². The van der Waals surface area contributed by atoms with Gasteiger partial charge in [0.05, 0.1) is 66.1 Å². The summed E-state index contributed by atoms with van der Waals surface area (Å²) in [5, 5.41) is 37.3. The van der Waals surface area contributed by atoms with Crippen LogP contribution in [0.1, 0.15) is 34.1 Å². The summed E-state index contributed by atoms with van der Waals surface area (Å²) in [4.78, 5) is 34.9. The van der Waals surface area contributed by atoms with E-state index < -0.39 is 54.9 Å². The lowest BCUT2D eigenvalue weighted by molar-refractivity contribution is -0.269. The van der Waals surface area contributed by atoms with Gasteiger partial charge in [0.25, 0.3) is 0 Å². The summed E-state index contributed by atoms with van der Waals surface area (Å²) in [6.45, 7) is 9.31. The van der Waals surface area contributed by atoms with E-state index in [1.807, 2.05) is 0 Å². The molecule has 16 heteroatoms. The largest absolute Gasteiger partial charge is 0.444 e. The van der Waals surface area contributed by atoms with Gasteiger partial charge in [0, 0.05) is 26.4 Å². The van der Waals surface area contributed by atoms with Gasteiger partial charge in [0.2, 0.25) is 11.8 Å². The SMILES string of the molecule is CC(=O)N[C@@H]1[C@H](OCCNC(=O)CCOCCOCCOCCOCCNC(=O)OC(C)(C)C)O[C@H](CO)[C@@H](O)[C@@H]1O. The molecular formula is C26H49N3O13. The summed E-state index contributed by atoms with van der Waals surface area (Å²) in [5.41, 5.74) is -0.539. The summed E-state index contributed by atoms with van der Waals surface area (Å²) in [5.74, 6) is -0.717. The minimum absolute atomic E-state index is 0.00164. The van der Waals surface area contributed by atoms with Crippen LogP contribution >= 0.6 is 0 Å². The molecular weight excluding hydrogens is 562 g/mol. The average molecular weight is 612 g/mol. The number of carbonyl (C=O) groups is 3. The van der Waals surface area contributed by atoms with E-state index in [1.54, 1.807) is 20.8 Å². The van der Waals surface area contributed by atoms with Gasteiger partial charge in [-0.2, -0.15) is 0 Å². The lowest BCUT2D eigenvalue weighted by atomic mass is 9.97. The molecule has 0 spiro atoms. The van der Waals surface area contributed by atoms with Crippen LogP contribution in [0.4, 0.5) is 4.79 Å². The summed E-state index contributed by atoms with van der Waals surface area (Å²) in [7, 11) is 0. The van der Waals surface area contributed by atoms with Crippen LogP contribution < -0.4 is 16.0 Å². The van der Waals surface area contributed by atoms with Gasteiger partial charge >= 0.3 is 6.09 Å². The molecule has 0 aliphatic carbocycles. The molecule has 246 valence electrons. The van der Waals surface area contributed by atoms with Gasteiger partial charge in [0.1, 0.15) is 30.0 Å². The minimum atomic E-state index is -1.40. The number of alkyl carbamates (subject to hydrolysis) is 1. The van der Waals surface area contributed by atoms with Crippen molar-refractivity contribution in [2.45, 2.75) is 70.4 Å². The number of ether oxygens (including phenoxy) is 7. The summed E-state index contributed by atoms with van der Waals surface area (Å²) < 4.78 is 37.6. The van der Waals surface area contributed by atoms with Crippen LogP contribution in [-0.4, -0.2) is 149 Å². The molecule has 1 saturated heterocycles. The molecule has 16 nitrogen and oxygen atoms in total. The quantitative estimate of drug-likeness (QED) is 0.0780. The van der Waals surface area contributed by atoms with Gasteiger partial charge in [-0.1, -0.05) is 0 Å². The maximum absolute atomic E-state index is 12.0. The molecule has 3 amide bonds. The highest BCUT2D eigenvalue weighted by molar-refractivity contribution is 5.75. The van der Waals surface area contributed by atoms with Gasteiger partial charge in [-0.15, -0.1) is 0 Å². The predicted octanol–water partition coefficient (Wildman–Crippen LogP) is -1.96. The first-order valence-corrected chi connectivity index (χ1v) is 14.0. The van der Waals surface area contributed by atoms with Crippen molar-refractivity contribution in [3.63, 3.8) is 0 Å². The van der Waals surface area contributed by atoms with Crippen molar-refractivity contribution in [1.29, 1.82) is 0 Å². The average Bonchev–Trinajstić information content (AvgIpc) is 2.91. The molecule has 1 rings (SSSR count). The molecule has 0 radical (unpaired) electrons. The second kappa shape index (κ2) is 21.5. The second-order valence-corrected chi connectivity index (χ2v) is 10.3. The Hall–Kier alpha value is -2.15. The van der Waals surface area contributed by atoms with Crippen LogP contribution in [0, 0.1) is 0 Å². The maximum atomic E-state index is 12.0. The first kappa shape index (κ1) is 37.9. The van der Waals surface area contributed by atoms with E-state index in [4.69, 9.17) is 33.2 Å². The summed E-state index contributed by atoms with van der Waals surface area (Å²) in [6, 6.07) is -1.04. The monoisotopic (exact) mass is 611 g/mol. The first-order chi connectivity index (χ1) is 19.9. The fraction of sp³-hybridized carbons (Fsp3) is 0.885. The third kappa shape index (κ3) is 17.7. The zero-order valence-corrected chi connectivity index (χ0v) is 25.0. The number of rotatable bonds is 21.